The second-order valence-electron chi connectivity index (χ2n) is 3.67. The average molecular weight is 261 g/mol. The Labute approximate surface area is 108 Å². The third-order valence-electron chi connectivity index (χ3n) is 2.38. The first-order valence-electron chi connectivity index (χ1n) is 5.26. The summed E-state index contributed by atoms with van der Waals surface area (Å²) < 4.78 is 25.7. The summed E-state index contributed by atoms with van der Waals surface area (Å²) in [5, 5.41) is 8.66. The van der Waals surface area contributed by atoms with Gasteiger partial charge in [-0.05, 0) is 35.9 Å². The van der Waals surface area contributed by atoms with Crippen molar-refractivity contribution in [2.75, 3.05) is 0 Å². The Hall–Kier alpha value is -1.86. The van der Waals surface area contributed by atoms with Gasteiger partial charge >= 0.3 is 0 Å². The van der Waals surface area contributed by atoms with Gasteiger partial charge in [0.2, 0.25) is 0 Å². The van der Waals surface area contributed by atoms with Crippen molar-refractivity contribution in [3.8, 4) is 6.07 Å². The summed E-state index contributed by atoms with van der Waals surface area (Å²) in [7, 11) is 0. The molecule has 0 saturated heterocycles. The van der Waals surface area contributed by atoms with Crippen molar-refractivity contribution in [2.24, 2.45) is 0 Å². The minimum atomic E-state index is -0.835. The van der Waals surface area contributed by atoms with E-state index in [4.69, 9.17) is 5.26 Å². The Kier molecular flexibility index (Phi) is 3.96. The van der Waals surface area contributed by atoms with Crippen LogP contribution in [0, 0.1) is 23.0 Å². The zero-order valence-electron chi connectivity index (χ0n) is 9.36. The fourth-order valence-electron chi connectivity index (χ4n) is 1.41. The zero-order valence-corrected chi connectivity index (χ0v) is 10.2. The number of benzene rings is 2. The standard InChI is InChI=1S/C14H9F2NS/c15-13-6-5-12(7-14(13)16)18-9-11-3-1-10(8-17)2-4-11/h1-7H,9H2. The van der Waals surface area contributed by atoms with Crippen LogP contribution in [0.15, 0.2) is 47.4 Å². The minimum absolute atomic E-state index is 0.608. The highest BCUT2D eigenvalue weighted by Crippen LogP contribution is 2.24. The van der Waals surface area contributed by atoms with Gasteiger partial charge in [0.1, 0.15) is 0 Å². The fourth-order valence-corrected chi connectivity index (χ4v) is 2.29. The quantitative estimate of drug-likeness (QED) is 0.776. The normalized spacial score (nSPS) is 10.1. The van der Waals surface area contributed by atoms with E-state index in [2.05, 4.69) is 0 Å². The SMILES string of the molecule is N#Cc1ccc(CSc2ccc(F)c(F)c2)cc1. The van der Waals surface area contributed by atoms with Crippen LogP contribution < -0.4 is 0 Å². The molecule has 0 atom stereocenters. The highest BCUT2D eigenvalue weighted by Gasteiger charge is 2.03. The van der Waals surface area contributed by atoms with E-state index in [9.17, 15) is 8.78 Å². The molecule has 0 aromatic heterocycles. The molecule has 2 aromatic rings. The van der Waals surface area contributed by atoms with Gasteiger partial charge in [0.25, 0.3) is 0 Å². The van der Waals surface area contributed by atoms with Crippen molar-refractivity contribution in [3.63, 3.8) is 0 Å². The molecule has 1 nitrogen and oxygen atoms in total. The van der Waals surface area contributed by atoms with Gasteiger partial charge in [0.15, 0.2) is 11.6 Å². The molecule has 2 rings (SSSR count). The third-order valence-corrected chi connectivity index (χ3v) is 3.44. The lowest BCUT2D eigenvalue weighted by Gasteiger charge is -2.03. The maximum atomic E-state index is 13.0. The van der Waals surface area contributed by atoms with Crippen molar-refractivity contribution in [1.29, 1.82) is 5.26 Å². The van der Waals surface area contributed by atoms with Crippen molar-refractivity contribution in [3.05, 3.63) is 65.2 Å². The molecule has 0 N–H and O–H groups in total. The highest BCUT2D eigenvalue weighted by atomic mass is 32.2. The Morgan fingerprint density at radius 1 is 1.00 bits per heavy atom. The van der Waals surface area contributed by atoms with E-state index in [0.29, 0.717) is 16.2 Å². The number of thioether (sulfide) groups is 1. The molecule has 90 valence electrons. The van der Waals surface area contributed by atoms with Crippen LogP contribution in [0.3, 0.4) is 0 Å². The maximum Gasteiger partial charge on any atom is 0.159 e. The van der Waals surface area contributed by atoms with Gasteiger partial charge in [0.05, 0.1) is 11.6 Å². The Balaban J connectivity index is 2.02. The summed E-state index contributed by atoms with van der Waals surface area (Å²) in [5.74, 6) is -1.02. The number of nitrogens with zero attached hydrogens (tertiary/aromatic N) is 1. The Morgan fingerprint density at radius 3 is 2.33 bits per heavy atom. The van der Waals surface area contributed by atoms with Crippen LogP contribution in [0.5, 0.6) is 0 Å². The zero-order chi connectivity index (χ0) is 13.0. The second-order valence-corrected chi connectivity index (χ2v) is 4.72. The summed E-state index contributed by atoms with van der Waals surface area (Å²) in [6.45, 7) is 0. The van der Waals surface area contributed by atoms with Crippen LogP contribution in [0.25, 0.3) is 0 Å². The van der Waals surface area contributed by atoms with Crippen molar-refractivity contribution < 1.29 is 8.78 Å². The summed E-state index contributed by atoms with van der Waals surface area (Å²) in [6.07, 6.45) is 0. The van der Waals surface area contributed by atoms with Crippen molar-refractivity contribution in [1.82, 2.24) is 0 Å². The minimum Gasteiger partial charge on any atom is -0.204 e. The van der Waals surface area contributed by atoms with Crippen LogP contribution in [0.2, 0.25) is 0 Å². The molecule has 0 radical (unpaired) electrons. The lowest BCUT2D eigenvalue weighted by molar-refractivity contribution is 0.506. The molecule has 0 aliphatic carbocycles. The summed E-state index contributed by atoms with van der Waals surface area (Å²) >= 11 is 1.42. The van der Waals surface area contributed by atoms with Crippen LogP contribution >= 0.6 is 11.8 Å². The van der Waals surface area contributed by atoms with E-state index >= 15 is 0 Å². The van der Waals surface area contributed by atoms with Crippen molar-refractivity contribution >= 4 is 11.8 Å². The van der Waals surface area contributed by atoms with Gasteiger partial charge < -0.3 is 0 Å². The van der Waals surface area contributed by atoms with E-state index < -0.39 is 11.6 Å². The number of rotatable bonds is 3. The summed E-state index contributed by atoms with van der Waals surface area (Å²) in [4.78, 5) is 0.679. The number of hydrogen-bond acceptors (Lipinski definition) is 2. The molecule has 4 heteroatoms. The van der Waals surface area contributed by atoms with E-state index in [-0.39, 0.29) is 0 Å². The molecule has 18 heavy (non-hydrogen) atoms. The Bertz CT molecular complexity index is 588. The number of halogens is 2. The molecule has 0 heterocycles. The number of nitriles is 1. The Morgan fingerprint density at radius 2 is 1.72 bits per heavy atom. The predicted molar refractivity (Wildman–Crippen MR) is 67.1 cm³/mol. The second kappa shape index (κ2) is 5.65. The first-order chi connectivity index (χ1) is 8.69. The summed E-state index contributed by atoms with van der Waals surface area (Å²) in [6, 6.07) is 13.1. The highest BCUT2D eigenvalue weighted by molar-refractivity contribution is 7.98. The molecule has 0 fully saturated rings. The van der Waals surface area contributed by atoms with Gasteiger partial charge in [0, 0.05) is 10.6 Å². The maximum absolute atomic E-state index is 13.0. The lowest BCUT2D eigenvalue weighted by atomic mass is 10.2. The first kappa shape index (κ1) is 12.6. The topological polar surface area (TPSA) is 23.8 Å². The molecular formula is C14H9F2NS. The third kappa shape index (κ3) is 3.08. The summed E-state index contributed by atoms with van der Waals surface area (Å²) in [5.41, 5.74) is 1.64. The molecule has 0 aliphatic heterocycles. The largest absolute Gasteiger partial charge is 0.204 e. The van der Waals surface area contributed by atoms with Gasteiger partial charge in [-0.1, -0.05) is 12.1 Å². The van der Waals surface area contributed by atoms with Crippen molar-refractivity contribution in [2.45, 2.75) is 10.6 Å². The molecule has 0 amide bonds. The van der Waals surface area contributed by atoms with Gasteiger partial charge in [-0.25, -0.2) is 8.78 Å². The van der Waals surface area contributed by atoms with Crippen LogP contribution in [0.4, 0.5) is 8.78 Å². The van der Waals surface area contributed by atoms with Crippen LogP contribution in [-0.4, -0.2) is 0 Å². The van der Waals surface area contributed by atoms with E-state index in [1.54, 1.807) is 18.2 Å². The smallest absolute Gasteiger partial charge is 0.159 e. The molecule has 0 unspecified atom stereocenters. The van der Waals surface area contributed by atoms with E-state index in [1.165, 1.54) is 17.8 Å². The number of hydrogen-bond donors (Lipinski definition) is 0. The molecule has 0 bridgehead atoms. The lowest BCUT2D eigenvalue weighted by Crippen LogP contribution is -1.85. The van der Waals surface area contributed by atoms with Gasteiger partial charge in [-0.3, -0.25) is 0 Å². The monoisotopic (exact) mass is 261 g/mol. The van der Waals surface area contributed by atoms with Gasteiger partial charge in [-0.2, -0.15) is 5.26 Å². The fraction of sp³-hybridized carbons (Fsp3) is 0.0714. The average Bonchev–Trinajstić information content (AvgIpc) is 2.41. The first-order valence-corrected chi connectivity index (χ1v) is 6.24. The molecule has 0 spiro atoms. The van der Waals surface area contributed by atoms with Gasteiger partial charge in [-0.15, -0.1) is 11.8 Å². The van der Waals surface area contributed by atoms with E-state index in [0.717, 1.165) is 11.6 Å². The van der Waals surface area contributed by atoms with E-state index in [1.807, 2.05) is 18.2 Å². The predicted octanol–water partition coefficient (Wildman–Crippen LogP) is 4.13. The van der Waals surface area contributed by atoms with Crippen LogP contribution in [0.1, 0.15) is 11.1 Å². The molecular weight excluding hydrogens is 252 g/mol. The molecule has 0 saturated carbocycles. The molecule has 0 aliphatic rings. The molecule has 2 aromatic carbocycles. The van der Waals surface area contributed by atoms with Crippen LogP contribution in [-0.2, 0) is 5.75 Å².